The van der Waals surface area contributed by atoms with E-state index in [1.165, 1.54) is 4.57 Å². The number of halogens is 2. The maximum absolute atomic E-state index is 12.3. The van der Waals surface area contributed by atoms with Crippen LogP contribution in [0.15, 0.2) is 61.2 Å². The van der Waals surface area contributed by atoms with Crippen molar-refractivity contribution in [2.24, 2.45) is 4.99 Å². The summed E-state index contributed by atoms with van der Waals surface area (Å²) in [6.45, 7) is 0.327. The van der Waals surface area contributed by atoms with Crippen molar-refractivity contribution in [3.63, 3.8) is 0 Å². The minimum atomic E-state index is -0.193. The number of thiazole rings is 1. The van der Waals surface area contributed by atoms with Crippen LogP contribution in [0.25, 0.3) is 11.6 Å². The number of aromatic nitrogens is 1. The molecule has 130 valence electrons. The first-order valence-corrected chi connectivity index (χ1v) is 10.1. The fraction of sp³-hybridized carbons (Fsp3) is 0.0526. The Hall–Kier alpha value is -1.96. The smallest absolute Gasteiger partial charge is 0.310 e. The largest absolute Gasteiger partial charge is 0.493 e. The minimum absolute atomic E-state index is 0.0211. The third-order valence-electron chi connectivity index (χ3n) is 4.05. The Balaban J connectivity index is 1.70. The average molecular weight is 492 g/mol. The number of allylic oxidation sites excluding steroid dienone is 1. The summed E-state index contributed by atoms with van der Waals surface area (Å²) in [7, 11) is 0. The van der Waals surface area contributed by atoms with E-state index in [1.807, 2.05) is 42.5 Å². The summed E-state index contributed by atoms with van der Waals surface area (Å²) >= 11 is 7.88. The van der Waals surface area contributed by atoms with E-state index in [4.69, 9.17) is 0 Å². The molecule has 3 aromatic rings. The SMILES string of the molecule is O=c1sc(/C=C2/C=Nc3ccc(Br)cc32)c(O)n1Cc1ccc(Br)cc1. The number of rotatable bonds is 3. The van der Waals surface area contributed by atoms with Crippen molar-refractivity contribution in [2.75, 3.05) is 0 Å². The van der Waals surface area contributed by atoms with E-state index in [-0.39, 0.29) is 10.8 Å². The fourth-order valence-corrected chi connectivity index (χ4v) is 4.20. The van der Waals surface area contributed by atoms with E-state index in [2.05, 4.69) is 36.9 Å². The maximum atomic E-state index is 12.3. The van der Waals surface area contributed by atoms with Gasteiger partial charge >= 0.3 is 4.87 Å². The molecule has 1 aliphatic rings. The summed E-state index contributed by atoms with van der Waals surface area (Å²) in [4.78, 5) is 17.1. The Kier molecular flexibility index (Phi) is 4.69. The summed E-state index contributed by atoms with van der Waals surface area (Å²) in [5.41, 5.74) is 3.66. The normalized spacial score (nSPS) is 14.2. The molecule has 0 atom stereocenters. The average Bonchev–Trinajstić information content (AvgIpc) is 3.13. The van der Waals surface area contributed by atoms with Crippen molar-refractivity contribution < 1.29 is 5.11 Å². The highest BCUT2D eigenvalue weighted by atomic mass is 79.9. The zero-order valence-corrected chi connectivity index (χ0v) is 17.3. The van der Waals surface area contributed by atoms with Gasteiger partial charge in [0.2, 0.25) is 5.88 Å². The van der Waals surface area contributed by atoms with E-state index in [9.17, 15) is 9.90 Å². The number of nitrogens with zero attached hydrogens (tertiary/aromatic N) is 2. The predicted molar refractivity (Wildman–Crippen MR) is 114 cm³/mol. The molecule has 0 fully saturated rings. The molecule has 1 N–H and O–H groups in total. The number of hydrogen-bond donors (Lipinski definition) is 1. The van der Waals surface area contributed by atoms with Crippen LogP contribution < -0.4 is 4.87 Å². The highest BCUT2D eigenvalue weighted by Gasteiger charge is 2.17. The molecule has 2 heterocycles. The van der Waals surface area contributed by atoms with E-state index < -0.39 is 0 Å². The maximum Gasteiger partial charge on any atom is 0.310 e. The van der Waals surface area contributed by atoms with Crippen molar-refractivity contribution in [3.8, 4) is 5.88 Å². The summed E-state index contributed by atoms with van der Waals surface area (Å²) in [5.74, 6) is -0.0211. The van der Waals surface area contributed by atoms with Crippen LogP contribution in [-0.2, 0) is 6.54 Å². The zero-order chi connectivity index (χ0) is 18.3. The lowest BCUT2D eigenvalue weighted by atomic mass is 10.1. The summed E-state index contributed by atoms with van der Waals surface area (Å²) in [6.07, 6.45) is 3.56. The highest BCUT2D eigenvalue weighted by molar-refractivity contribution is 9.10. The number of aliphatic imine (C=N–C) groups is 1. The molecule has 0 saturated heterocycles. The van der Waals surface area contributed by atoms with Gasteiger partial charge in [-0.05, 0) is 42.0 Å². The van der Waals surface area contributed by atoms with E-state index in [0.717, 1.165) is 42.7 Å². The third kappa shape index (κ3) is 3.34. The first kappa shape index (κ1) is 17.5. The van der Waals surface area contributed by atoms with E-state index in [0.29, 0.717) is 11.4 Å². The van der Waals surface area contributed by atoms with Gasteiger partial charge in [0, 0.05) is 26.3 Å². The Bertz CT molecular complexity index is 1110. The van der Waals surface area contributed by atoms with Crippen LogP contribution in [0, 0.1) is 0 Å². The monoisotopic (exact) mass is 490 g/mol. The first-order valence-electron chi connectivity index (χ1n) is 7.74. The van der Waals surface area contributed by atoms with Crippen LogP contribution >= 0.6 is 43.2 Å². The lowest BCUT2D eigenvalue weighted by Gasteiger charge is -2.04. The molecule has 0 aliphatic carbocycles. The van der Waals surface area contributed by atoms with Gasteiger partial charge in [0.1, 0.15) is 0 Å². The molecule has 1 aliphatic heterocycles. The molecular weight excluding hydrogens is 480 g/mol. The van der Waals surface area contributed by atoms with Crippen molar-refractivity contribution in [1.29, 1.82) is 0 Å². The van der Waals surface area contributed by atoms with Crippen LogP contribution in [-0.4, -0.2) is 15.9 Å². The second kappa shape index (κ2) is 6.98. The van der Waals surface area contributed by atoms with Crippen LogP contribution in [0.3, 0.4) is 0 Å². The van der Waals surface area contributed by atoms with Crippen LogP contribution in [0.2, 0.25) is 0 Å². The van der Waals surface area contributed by atoms with Crippen LogP contribution in [0.4, 0.5) is 5.69 Å². The van der Waals surface area contributed by atoms with Gasteiger partial charge < -0.3 is 5.11 Å². The molecule has 0 amide bonds. The molecule has 4 rings (SSSR count). The number of fused-ring (bicyclic) bond motifs is 1. The molecule has 2 aromatic carbocycles. The van der Waals surface area contributed by atoms with Crippen molar-refractivity contribution in [2.45, 2.75) is 6.54 Å². The van der Waals surface area contributed by atoms with E-state index >= 15 is 0 Å². The second-order valence-electron chi connectivity index (χ2n) is 5.79. The first-order chi connectivity index (χ1) is 12.5. The second-order valence-corrected chi connectivity index (χ2v) is 8.61. The van der Waals surface area contributed by atoms with Crippen molar-refractivity contribution in [3.05, 3.63) is 77.1 Å². The van der Waals surface area contributed by atoms with Gasteiger partial charge in [-0.3, -0.25) is 14.4 Å². The van der Waals surface area contributed by atoms with Gasteiger partial charge in [-0.2, -0.15) is 0 Å². The van der Waals surface area contributed by atoms with Gasteiger partial charge in [-0.25, -0.2) is 0 Å². The lowest BCUT2D eigenvalue weighted by molar-refractivity contribution is 0.420. The quantitative estimate of drug-likeness (QED) is 0.530. The molecule has 0 bridgehead atoms. The standard InChI is InChI=1S/C19H12Br2N2O2S/c20-13-3-1-11(2-4-13)10-23-18(24)17(26-19(23)25)7-12-9-22-16-6-5-14(21)8-15(12)16/h1-9,24H,10H2/b12-7-. The van der Waals surface area contributed by atoms with Gasteiger partial charge in [0.05, 0.1) is 17.1 Å². The summed E-state index contributed by atoms with van der Waals surface area (Å²) in [5, 5.41) is 10.6. The number of benzene rings is 2. The zero-order valence-electron chi connectivity index (χ0n) is 13.3. The van der Waals surface area contributed by atoms with Gasteiger partial charge in [0.25, 0.3) is 0 Å². The summed E-state index contributed by atoms with van der Waals surface area (Å²) < 4.78 is 3.31. The van der Waals surface area contributed by atoms with E-state index in [1.54, 1.807) is 12.3 Å². The molecule has 0 unspecified atom stereocenters. The van der Waals surface area contributed by atoms with Crippen LogP contribution in [0.5, 0.6) is 5.88 Å². The Morgan fingerprint density at radius 3 is 2.62 bits per heavy atom. The Morgan fingerprint density at radius 2 is 1.85 bits per heavy atom. The Labute approximate surface area is 170 Å². The molecule has 7 heteroatoms. The Morgan fingerprint density at radius 1 is 1.12 bits per heavy atom. The third-order valence-corrected chi connectivity index (χ3v) is 5.98. The molecule has 0 saturated carbocycles. The molecule has 26 heavy (non-hydrogen) atoms. The van der Waals surface area contributed by atoms with Gasteiger partial charge in [-0.1, -0.05) is 55.3 Å². The topological polar surface area (TPSA) is 54.6 Å². The number of aromatic hydroxyl groups is 1. The molecule has 1 aromatic heterocycles. The lowest BCUT2D eigenvalue weighted by Crippen LogP contribution is -2.13. The number of hydrogen-bond acceptors (Lipinski definition) is 4. The highest BCUT2D eigenvalue weighted by Crippen LogP contribution is 2.36. The van der Waals surface area contributed by atoms with Crippen LogP contribution in [0.1, 0.15) is 16.0 Å². The minimum Gasteiger partial charge on any atom is -0.493 e. The summed E-state index contributed by atoms with van der Waals surface area (Å²) in [6, 6.07) is 13.5. The molecular formula is C19H12Br2N2O2S. The van der Waals surface area contributed by atoms with Crippen molar-refractivity contribution >= 4 is 66.7 Å². The fourth-order valence-electron chi connectivity index (χ4n) is 2.74. The van der Waals surface area contributed by atoms with Crippen molar-refractivity contribution in [1.82, 2.24) is 4.57 Å². The predicted octanol–water partition coefficient (Wildman–Crippen LogP) is 5.45. The van der Waals surface area contributed by atoms with Gasteiger partial charge in [-0.15, -0.1) is 0 Å². The molecule has 0 spiro atoms. The molecule has 0 radical (unpaired) electrons. The van der Waals surface area contributed by atoms with Gasteiger partial charge in [0.15, 0.2) is 0 Å². The molecule has 4 nitrogen and oxygen atoms in total.